The largest absolute Gasteiger partial charge is 0.486 e. The third kappa shape index (κ3) is 1.92. The van der Waals surface area contributed by atoms with E-state index in [-0.39, 0.29) is 17.1 Å². The summed E-state index contributed by atoms with van der Waals surface area (Å²) in [5, 5.41) is 0. The van der Waals surface area contributed by atoms with E-state index in [1.807, 2.05) is 6.07 Å². The van der Waals surface area contributed by atoms with Crippen molar-refractivity contribution in [3.8, 4) is 11.5 Å². The fourth-order valence-corrected chi connectivity index (χ4v) is 2.87. The summed E-state index contributed by atoms with van der Waals surface area (Å²) in [6.45, 7) is 5.35. The van der Waals surface area contributed by atoms with Gasteiger partial charge in [-0.3, -0.25) is 4.79 Å². The Balaban J connectivity index is 1.95. The Morgan fingerprint density at radius 2 is 1.83 bits per heavy atom. The molecule has 0 N–H and O–H groups in total. The summed E-state index contributed by atoms with van der Waals surface area (Å²) in [4.78, 5) is 12.4. The molecule has 1 atom stereocenters. The van der Waals surface area contributed by atoms with E-state index in [1.54, 1.807) is 6.07 Å². The van der Waals surface area contributed by atoms with Crippen molar-refractivity contribution in [1.29, 1.82) is 0 Å². The normalized spacial score (nSPS) is 23.6. The first-order chi connectivity index (χ1) is 8.49. The number of Topliss-reactive ketones (excluding diaryl/α,β-unsaturated/α-hetero) is 1. The first kappa shape index (κ1) is 12.0. The van der Waals surface area contributed by atoms with Crippen LogP contribution in [0, 0.1) is 11.3 Å². The van der Waals surface area contributed by atoms with Crippen LogP contribution < -0.4 is 9.47 Å². The molecule has 1 saturated carbocycles. The Morgan fingerprint density at radius 1 is 1.28 bits per heavy atom. The number of rotatable bonds is 2. The Morgan fingerprint density at radius 3 is 2.39 bits per heavy atom. The monoisotopic (exact) mass is 310 g/mol. The zero-order chi connectivity index (χ0) is 12.9. The van der Waals surface area contributed by atoms with Crippen LogP contribution in [0.2, 0.25) is 0 Å². The van der Waals surface area contributed by atoms with Gasteiger partial charge in [0.15, 0.2) is 17.3 Å². The zero-order valence-electron chi connectivity index (χ0n) is 10.5. The van der Waals surface area contributed by atoms with E-state index < -0.39 is 0 Å². The quantitative estimate of drug-likeness (QED) is 0.785. The van der Waals surface area contributed by atoms with E-state index in [0.29, 0.717) is 30.3 Å². The van der Waals surface area contributed by atoms with Crippen LogP contribution in [0.3, 0.4) is 0 Å². The number of benzene rings is 1. The van der Waals surface area contributed by atoms with E-state index in [0.717, 1.165) is 10.9 Å². The second-order valence-corrected chi connectivity index (χ2v) is 6.44. The first-order valence-electron chi connectivity index (χ1n) is 6.12. The summed E-state index contributed by atoms with van der Waals surface area (Å²) in [5.41, 5.74) is 0.846. The first-order valence-corrected chi connectivity index (χ1v) is 6.92. The van der Waals surface area contributed by atoms with Gasteiger partial charge in [0.2, 0.25) is 0 Å². The van der Waals surface area contributed by atoms with Crippen molar-refractivity contribution >= 4 is 21.7 Å². The summed E-state index contributed by atoms with van der Waals surface area (Å²) in [6.07, 6.45) is 0.965. The SMILES string of the molecule is CC1(C)CC1C(=O)c1cc2c(cc1Br)OCCO2. The van der Waals surface area contributed by atoms with Crippen LogP contribution in [0.5, 0.6) is 11.5 Å². The van der Waals surface area contributed by atoms with Gasteiger partial charge in [-0.05, 0) is 39.9 Å². The number of halogens is 1. The summed E-state index contributed by atoms with van der Waals surface area (Å²) >= 11 is 3.45. The predicted molar refractivity (Wildman–Crippen MR) is 71.4 cm³/mol. The number of fused-ring (bicyclic) bond motifs is 1. The van der Waals surface area contributed by atoms with Crippen molar-refractivity contribution < 1.29 is 14.3 Å². The van der Waals surface area contributed by atoms with Crippen molar-refractivity contribution in [1.82, 2.24) is 0 Å². The maximum atomic E-state index is 12.4. The van der Waals surface area contributed by atoms with Crippen molar-refractivity contribution in [2.24, 2.45) is 11.3 Å². The highest BCUT2D eigenvalue weighted by Crippen LogP contribution is 2.54. The number of hydrogen-bond donors (Lipinski definition) is 0. The maximum absolute atomic E-state index is 12.4. The van der Waals surface area contributed by atoms with Crippen LogP contribution in [0.1, 0.15) is 30.6 Å². The molecule has 4 heteroatoms. The Bertz CT molecular complexity index is 522. The minimum atomic E-state index is 0.136. The molecule has 0 spiro atoms. The molecule has 1 aromatic carbocycles. The highest BCUT2D eigenvalue weighted by atomic mass is 79.9. The van der Waals surface area contributed by atoms with Crippen LogP contribution >= 0.6 is 15.9 Å². The topological polar surface area (TPSA) is 35.5 Å². The van der Waals surface area contributed by atoms with E-state index in [9.17, 15) is 4.79 Å². The van der Waals surface area contributed by atoms with Gasteiger partial charge < -0.3 is 9.47 Å². The van der Waals surface area contributed by atoms with Crippen LogP contribution in [-0.4, -0.2) is 19.0 Å². The molecule has 1 aromatic rings. The van der Waals surface area contributed by atoms with Gasteiger partial charge in [0.1, 0.15) is 13.2 Å². The fraction of sp³-hybridized carbons (Fsp3) is 0.500. The minimum Gasteiger partial charge on any atom is -0.486 e. The zero-order valence-corrected chi connectivity index (χ0v) is 12.0. The summed E-state index contributed by atoms with van der Waals surface area (Å²) < 4.78 is 11.8. The lowest BCUT2D eigenvalue weighted by molar-refractivity contribution is 0.0951. The molecule has 1 heterocycles. The van der Waals surface area contributed by atoms with Crippen molar-refractivity contribution in [3.05, 3.63) is 22.2 Å². The predicted octanol–water partition coefficient (Wildman–Crippen LogP) is 3.45. The molecule has 3 nitrogen and oxygen atoms in total. The van der Waals surface area contributed by atoms with E-state index in [1.165, 1.54) is 0 Å². The number of ether oxygens (including phenoxy) is 2. The molecule has 96 valence electrons. The minimum absolute atomic E-state index is 0.136. The Kier molecular flexibility index (Phi) is 2.66. The highest BCUT2D eigenvalue weighted by Gasteiger charge is 2.50. The molecule has 0 amide bonds. The molecule has 0 radical (unpaired) electrons. The molecule has 1 fully saturated rings. The van der Waals surface area contributed by atoms with Gasteiger partial charge in [-0.1, -0.05) is 13.8 Å². The molecule has 1 unspecified atom stereocenters. The van der Waals surface area contributed by atoms with Crippen LogP contribution in [0.4, 0.5) is 0 Å². The molecule has 1 aliphatic heterocycles. The smallest absolute Gasteiger partial charge is 0.167 e. The molecule has 18 heavy (non-hydrogen) atoms. The molecule has 0 bridgehead atoms. The Hall–Kier alpha value is -1.03. The van der Waals surface area contributed by atoms with Crippen LogP contribution in [0.15, 0.2) is 16.6 Å². The van der Waals surface area contributed by atoms with Gasteiger partial charge in [-0.25, -0.2) is 0 Å². The molecule has 2 aliphatic rings. The molecular weight excluding hydrogens is 296 g/mol. The average Bonchev–Trinajstić information content (AvgIpc) is 2.97. The van der Waals surface area contributed by atoms with Gasteiger partial charge in [-0.2, -0.15) is 0 Å². The number of carbonyl (C=O) groups is 1. The summed E-state index contributed by atoms with van der Waals surface area (Å²) in [5.74, 6) is 1.71. The summed E-state index contributed by atoms with van der Waals surface area (Å²) in [7, 11) is 0. The standard InChI is InChI=1S/C14H15BrO3/c1-14(2)7-9(14)13(16)8-5-11-12(6-10(8)15)18-4-3-17-11/h5-6,9H,3-4,7H2,1-2H3. The molecule has 1 aliphatic carbocycles. The van der Waals surface area contributed by atoms with Gasteiger partial charge in [0.25, 0.3) is 0 Å². The van der Waals surface area contributed by atoms with E-state index in [2.05, 4.69) is 29.8 Å². The highest BCUT2D eigenvalue weighted by molar-refractivity contribution is 9.10. The molecule has 3 rings (SSSR count). The van der Waals surface area contributed by atoms with E-state index >= 15 is 0 Å². The lowest BCUT2D eigenvalue weighted by atomic mass is 10.0. The average molecular weight is 311 g/mol. The number of hydrogen-bond acceptors (Lipinski definition) is 3. The Labute approximate surface area is 115 Å². The third-order valence-corrected chi connectivity index (χ3v) is 4.38. The van der Waals surface area contributed by atoms with E-state index in [4.69, 9.17) is 9.47 Å². The van der Waals surface area contributed by atoms with Crippen LogP contribution in [-0.2, 0) is 0 Å². The third-order valence-electron chi connectivity index (χ3n) is 3.73. The molecular formula is C14H15BrO3. The van der Waals surface area contributed by atoms with Crippen molar-refractivity contribution in [2.45, 2.75) is 20.3 Å². The lowest BCUT2D eigenvalue weighted by Gasteiger charge is -2.19. The number of carbonyl (C=O) groups excluding carboxylic acids is 1. The van der Waals surface area contributed by atoms with Gasteiger partial charge in [-0.15, -0.1) is 0 Å². The maximum Gasteiger partial charge on any atom is 0.167 e. The molecule has 0 saturated heterocycles. The fourth-order valence-electron chi connectivity index (χ4n) is 2.36. The second kappa shape index (κ2) is 3.98. The van der Waals surface area contributed by atoms with Gasteiger partial charge in [0.05, 0.1) is 0 Å². The van der Waals surface area contributed by atoms with Gasteiger partial charge in [0, 0.05) is 16.0 Å². The van der Waals surface area contributed by atoms with Gasteiger partial charge >= 0.3 is 0 Å². The number of ketones is 1. The van der Waals surface area contributed by atoms with Crippen molar-refractivity contribution in [2.75, 3.05) is 13.2 Å². The second-order valence-electron chi connectivity index (χ2n) is 5.59. The van der Waals surface area contributed by atoms with Crippen LogP contribution in [0.25, 0.3) is 0 Å². The summed E-state index contributed by atoms with van der Waals surface area (Å²) in [6, 6.07) is 3.63. The lowest BCUT2D eigenvalue weighted by Crippen LogP contribution is -2.16. The van der Waals surface area contributed by atoms with Crippen molar-refractivity contribution in [3.63, 3.8) is 0 Å². The molecule has 0 aromatic heterocycles.